The molecule has 0 atom stereocenters. The van der Waals surface area contributed by atoms with Crippen LogP contribution < -0.4 is 15.4 Å². The predicted octanol–water partition coefficient (Wildman–Crippen LogP) is 2.03. The van der Waals surface area contributed by atoms with Crippen LogP contribution in [0, 0.1) is 5.82 Å². The fourth-order valence-electron chi connectivity index (χ4n) is 2.31. The third-order valence-corrected chi connectivity index (χ3v) is 5.08. The Kier molecular flexibility index (Phi) is 7.96. The zero-order valence-electron chi connectivity index (χ0n) is 15.8. The number of hydrogen-bond donors (Lipinski definition) is 3. The molecule has 0 fully saturated rings. The van der Waals surface area contributed by atoms with Crippen molar-refractivity contribution in [2.45, 2.75) is 18.2 Å². The second-order valence-corrected chi connectivity index (χ2v) is 7.61. The number of benzene rings is 2. The Hall–Kier alpha value is -3.14. The van der Waals surface area contributed by atoms with Gasteiger partial charge in [0.15, 0.2) is 0 Å². The van der Waals surface area contributed by atoms with E-state index in [0.29, 0.717) is 11.3 Å². The van der Waals surface area contributed by atoms with Gasteiger partial charge in [0.2, 0.25) is 5.91 Å². The van der Waals surface area contributed by atoms with Crippen molar-refractivity contribution in [1.29, 1.82) is 0 Å². The van der Waals surface area contributed by atoms with Crippen LogP contribution in [0.3, 0.4) is 0 Å². The molecule has 2 aromatic carbocycles. The molecule has 0 aliphatic carbocycles. The predicted molar refractivity (Wildman–Crippen MR) is 105 cm³/mol. The number of nitrogens with one attached hydrogen (secondary N) is 3. The van der Waals surface area contributed by atoms with Crippen LogP contribution in [0.25, 0.3) is 0 Å². The van der Waals surface area contributed by atoms with E-state index in [-0.39, 0.29) is 36.9 Å². The monoisotopic (exact) mass is 423 g/mol. The molecule has 0 saturated carbocycles. The minimum atomic E-state index is -3.83. The van der Waals surface area contributed by atoms with E-state index in [1.165, 1.54) is 24.3 Å². The van der Waals surface area contributed by atoms with Crippen molar-refractivity contribution in [3.05, 3.63) is 59.9 Å². The van der Waals surface area contributed by atoms with Gasteiger partial charge in [0, 0.05) is 18.8 Å². The van der Waals surface area contributed by atoms with Crippen LogP contribution in [-0.4, -0.2) is 40.1 Å². The highest BCUT2D eigenvalue weighted by Gasteiger charge is 2.14. The van der Waals surface area contributed by atoms with Crippen LogP contribution in [-0.2, 0) is 26.0 Å². The Labute approximate surface area is 168 Å². The van der Waals surface area contributed by atoms with Gasteiger partial charge in [0.05, 0.1) is 17.9 Å². The number of carbonyl (C=O) groups is 2. The summed E-state index contributed by atoms with van der Waals surface area (Å²) in [5, 5.41) is 5.14. The van der Waals surface area contributed by atoms with Crippen LogP contribution >= 0.6 is 0 Å². The summed E-state index contributed by atoms with van der Waals surface area (Å²) in [4.78, 5) is 23.0. The molecule has 0 heterocycles. The first-order chi connectivity index (χ1) is 13.8. The number of rotatable bonds is 9. The molecule has 2 rings (SSSR count). The van der Waals surface area contributed by atoms with Crippen molar-refractivity contribution in [2.24, 2.45) is 0 Å². The fraction of sp³-hybridized carbons (Fsp3) is 0.263. The molecule has 29 heavy (non-hydrogen) atoms. The van der Waals surface area contributed by atoms with Crippen molar-refractivity contribution in [3.63, 3.8) is 0 Å². The van der Waals surface area contributed by atoms with Crippen molar-refractivity contribution < 1.29 is 27.1 Å². The summed E-state index contributed by atoms with van der Waals surface area (Å²) in [5.41, 5.74) is 1.00. The Balaban J connectivity index is 1.83. The zero-order valence-corrected chi connectivity index (χ0v) is 16.6. The number of hydrogen-bond acceptors (Lipinski definition) is 5. The first-order valence-electron chi connectivity index (χ1n) is 8.85. The van der Waals surface area contributed by atoms with Crippen LogP contribution in [0.1, 0.15) is 12.5 Å². The molecule has 0 saturated heterocycles. The maximum atomic E-state index is 12.9. The molecule has 0 aromatic heterocycles. The minimum Gasteiger partial charge on any atom is -0.450 e. The summed E-state index contributed by atoms with van der Waals surface area (Å²) in [7, 11) is -3.83. The van der Waals surface area contributed by atoms with E-state index in [0.717, 1.165) is 12.1 Å². The maximum absolute atomic E-state index is 12.9. The molecule has 10 heteroatoms. The van der Waals surface area contributed by atoms with Crippen molar-refractivity contribution in [2.75, 3.05) is 24.4 Å². The molecule has 2 amide bonds. The second kappa shape index (κ2) is 10.4. The highest BCUT2D eigenvalue weighted by molar-refractivity contribution is 7.92. The van der Waals surface area contributed by atoms with E-state index in [4.69, 9.17) is 4.74 Å². The average molecular weight is 423 g/mol. The summed E-state index contributed by atoms with van der Waals surface area (Å²) in [6.45, 7) is 2.47. The number of ether oxygens (including phenoxy) is 1. The van der Waals surface area contributed by atoms with Gasteiger partial charge < -0.3 is 15.4 Å². The van der Waals surface area contributed by atoms with Crippen LogP contribution in [0.4, 0.5) is 14.9 Å². The Morgan fingerprint density at radius 3 is 2.21 bits per heavy atom. The standard InChI is InChI=1S/C19H22FN3O5S/c1-2-28-19(25)22-12-11-21-18(24)13-14-3-7-16(8-4-14)23-29(26,27)17-9-5-15(20)6-10-17/h3-10,23H,2,11-13H2,1H3,(H,21,24)(H,22,25). The van der Waals surface area contributed by atoms with Gasteiger partial charge in [-0.3, -0.25) is 9.52 Å². The van der Waals surface area contributed by atoms with E-state index >= 15 is 0 Å². The summed E-state index contributed by atoms with van der Waals surface area (Å²) in [6, 6.07) is 10.8. The van der Waals surface area contributed by atoms with E-state index in [1.807, 2.05) is 0 Å². The largest absolute Gasteiger partial charge is 0.450 e. The fourth-order valence-corrected chi connectivity index (χ4v) is 3.37. The van der Waals surface area contributed by atoms with Gasteiger partial charge in [-0.15, -0.1) is 0 Å². The molecule has 0 radical (unpaired) electrons. The molecule has 3 N–H and O–H groups in total. The molecular weight excluding hydrogens is 401 g/mol. The number of carbonyl (C=O) groups excluding carboxylic acids is 2. The Bertz CT molecular complexity index is 931. The molecule has 0 unspecified atom stereocenters. The lowest BCUT2D eigenvalue weighted by atomic mass is 10.1. The highest BCUT2D eigenvalue weighted by Crippen LogP contribution is 2.17. The first kappa shape index (κ1) is 22.2. The van der Waals surface area contributed by atoms with Crippen molar-refractivity contribution in [1.82, 2.24) is 10.6 Å². The summed E-state index contributed by atoms with van der Waals surface area (Å²) < 4.78 is 44.6. The summed E-state index contributed by atoms with van der Waals surface area (Å²) >= 11 is 0. The molecule has 0 spiro atoms. The SMILES string of the molecule is CCOC(=O)NCCNC(=O)Cc1ccc(NS(=O)(=O)c2ccc(F)cc2)cc1. The number of anilines is 1. The lowest BCUT2D eigenvalue weighted by Crippen LogP contribution is -2.35. The van der Waals surface area contributed by atoms with Gasteiger partial charge in [-0.05, 0) is 48.9 Å². The smallest absolute Gasteiger partial charge is 0.407 e. The lowest BCUT2D eigenvalue weighted by Gasteiger charge is -2.09. The minimum absolute atomic E-state index is 0.0567. The van der Waals surface area contributed by atoms with Crippen LogP contribution in [0.15, 0.2) is 53.4 Å². The van der Waals surface area contributed by atoms with Gasteiger partial charge in [0.25, 0.3) is 10.0 Å². The Morgan fingerprint density at radius 1 is 0.966 bits per heavy atom. The number of alkyl carbamates (subject to hydrolysis) is 1. The van der Waals surface area contributed by atoms with Gasteiger partial charge in [-0.2, -0.15) is 0 Å². The third kappa shape index (κ3) is 7.41. The normalized spacial score (nSPS) is 10.8. The quantitative estimate of drug-likeness (QED) is 0.534. The molecule has 0 aliphatic heterocycles. The van der Waals surface area contributed by atoms with Crippen molar-refractivity contribution in [3.8, 4) is 0 Å². The molecule has 0 bridgehead atoms. The van der Waals surface area contributed by atoms with E-state index in [1.54, 1.807) is 19.1 Å². The highest BCUT2D eigenvalue weighted by atomic mass is 32.2. The average Bonchev–Trinajstić information content (AvgIpc) is 2.67. The van der Waals surface area contributed by atoms with E-state index in [2.05, 4.69) is 15.4 Å². The first-order valence-corrected chi connectivity index (χ1v) is 10.3. The molecular formula is C19H22FN3O5S. The number of halogens is 1. The topological polar surface area (TPSA) is 114 Å². The maximum Gasteiger partial charge on any atom is 0.407 e. The van der Waals surface area contributed by atoms with Gasteiger partial charge in [0.1, 0.15) is 5.82 Å². The molecule has 2 aromatic rings. The second-order valence-electron chi connectivity index (χ2n) is 5.93. The molecule has 0 aliphatic rings. The Morgan fingerprint density at radius 2 is 1.59 bits per heavy atom. The van der Waals surface area contributed by atoms with Gasteiger partial charge in [-0.1, -0.05) is 12.1 Å². The number of amides is 2. The van der Waals surface area contributed by atoms with Crippen LogP contribution in [0.2, 0.25) is 0 Å². The van der Waals surface area contributed by atoms with E-state index < -0.39 is 21.9 Å². The lowest BCUT2D eigenvalue weighted by molar-refractivity contribution is -0.120. The van der Waals surface area contributed by atoms with Crippen molar-refractivity contribution >= 4 is 27.7 Å². The summed E-state index contributed by atoms with van der Waals surface area (Å²) in [6.07, 6.45) is -0.440. The van der Waals surface area contributed by atoms with Gasteiger partial charge in [-0.25, -0.2) is 17.6 Å². The van der Waals surface area contributed by atoms with Crippen LogP contribution in [0.5, 0.6) is 0 Å². The zero-order chi connectivity index (χ0) is 21.3. The molecule has 8 nitrogen and oxygen atoms in total. The molecule has 156 valence electrons. The summed E-state index contributed by atoms with van der Waals surface area (Å²) in [5.74, 6) is -0.765. The number of sulfonamides is 1. The van der Waals surface area contributed by atoms with E-state index in [9.17, 15) is 22.4 Å². The van der Waals surface area contributed by atoms with Gasteiger partial charge >= 0.3 is 6.09 Å². The third-order valence-electron chi connectivity index (χ3n) is 3.69.